The monoisotopic (exact) mass is 421 g/mol. The quantitative estimate of drug-likeness (QED) is 0.733. The fourth-order valence-electron chi connectivity index (χ4n) is 3.42. The smallest absolute Gasteiger partial charge is 0.175 e. The van der Waals surface area contributed by atoms with Gasteiger partial charge in [0.1, 0.15) is 18.0 Å². The fraction of sp³-hybridized carbons (Fsp3) is 0.429. The third-order valence-corrected chi connectivity index (χ3v) is 6.13. The largest absolute Gasteiger partial charge is 0.493 e. The molecule has 2 atom stereocenters. The number of piperidine rings is 1. The highest BCUT2D eigenvalue weighted by Gasteiger charge is 2.29. The molecule has 0 aromatic heterocycles. The summed E-state index contributed by atoms with van der Waals surface area (Å²) < 4.78 is 39.6. The van der Waals surface area contributed by atoms with Crippen molar-refractivity contribution in [3.8, 4) is 17.2 Å². The summed E-state index contributed by atoms with van der Waals surface area (Å²) >= 11 is 0. The van der Waals surface area contributed by atoms with Crippen LogP contribution < -0.4 is 14.2 Å². The van der Waals surface area contributed by atoms with Crippen LogP contribution in [0.15, 0.2) is 47.4 Å². The molecule has 0 unspecified atom stereocenters. The van der Waals surface area contributed by atoms with E-state index in [-0.39, 0.29) is 6.10 Å². The highest BCUT2D eigenvalue weighted by molar-refractivity contribution is 7.90. The molecule has 1 N–H and O–H groups in total. The maximum absolute atomic E-state index is 11.6. The van der Waals surface area contributed by atoms with E-state index in [9.17, 15) is 13.5 Å². The first-order valence-electron chi connectivity index (χ1n) is 9.38. The van der Waals surface area contributed by atoms with E-state index in [2.05, 4.69) is 4.90 Å². The van der Waals surface area contributed by atoms with E-state index in [0.717, 1.165) is 12.1 Å². The van der Waals surface area contributed by atoms with Gasteiger partial charge in [0.15, 0.2) is 21.3 Å². The van der Waals surface area contributed by atoms with E-state index in [4.69, 9.17) is 14.2 Å². The summed E-state index contributed by atoms with van der Waals surface area (Å²) in [6.45, 7) is 1.89. The third-order valence-electron chi connectivity index (χ3n) is 5.00. The summed E-state index contributed by atoms with van der Waals surface area (Å²) in [5.41, 5.74) is 1.00. The molecule has 0 aliphatic carbocycles. The van der Waals surface area contributed by atoms with Gasteiger partial charge in [-0.1, -0.05) is 12.1 Å². The van der Waals surface area contributed by atoms with Crippen LogP contribution in [-0.2, 0) is 16.4 Å². The molecule has 2 aromatic rings. The van der Waals surface area contributed by atoms with E-state index in [1.165, 1.54) is 6.26 Å². The Morgan fingerprint density at radius 2 is 1.76 bits per heavy atom. The molecule has 1 saturated heterocycles. The van der Waals surface area contributed by atoms with Gasteiger partial charge in [-0.15, -0.1) is 0 Å². The van der Waals surface area contributed by atoms with Crippen LogP contribution in [-0.4, -0.2) is 64.2 Å². The van der Waals surface area contributed by atoms with Crippen molar-refractivity contribution in [1.82, 2.24) is 4.90 Å². The number of rotatable bonds is 7. The number of aliphatic hydroxyl groups is 1. The van der Waals surface area contributed by atoms with Gasteiger partial charge in [-0.05, 0) is 36.2 Å². The molecular weight excluding hydrogens is 394 g/mol. The molecule has 7 nitrogen and oxygen atoms in total. The van der Waals surface area contributed by atoms with Gasteiger partial charge in [-0.2, -0.15) is 0 Å². The molecule has 0 amide bonds. The Kier molecular flexibility index (Phi) is 6.66. The van der Waals surface area contributed by atoms with Crippen LogP contribution in [0.3, 0.4) is 0 Å². The summed E-state index contributed by atoms with van der Waals surface area (Å²) in [6, 6.07) is 12.2. The van der Waals surface area contributed by atoms with Gasteiger partial charge in [-0.25, -0.2) is 8.42 Å². The molecule has 158 valence electrons. The zero-order valence-corrected chi connectivity index (χ0v) is 17.7. The topological polar surface area (TPSA) is 85.3 Å². The second kappa shape index (κ2) is 9.02. The number of benzene rings is 2. The number of aliphatic hydroxyl groups excluding tert-OH is 1. The van der Waals surface area contributed by atoms with Crippen molar-refractivity contribution in [3.63, 3.8) is 0 Å². The fourth-order valence-corrected chi connectivity index (χ4v) is 4.05. The van der Waals surface area contributed by atoms with E-state index < -0.39 is 15.9 Å². The van der Waals surface area contributed by atoms with E-state index in [1.807, 2.05) is 12.1 Å². The molecule has 3 rings (SSSR count). The molecule has 8 heteroatoms. The minimum Gasteiger partial charge on any atom is -0.493 e. The van der Waals surface area contributed by atoms with Gasteiger partial charge >= 0.3 is 0 Å². The van der Waals surface area contributed by atoms with Gasteiger partial charge in [-0.3, -0.25) is 4.90 Å². The maximum Gasteiger partial charge on any atom is 0.175 e. The van der Waals surface area contributed by atoms with Crippen molar-refractivity contribution in [1.29, 1.82) is 0 Å². The highest BCUT2D eigenvalue weighted by Crippen LogP contribution is 2.32. The lowest BCUT2D eigenvalue weighted by Crippen LogP contribution is -2.48. The van der Waals surface area contributed by atoms with Crippen molar-refractivity contribution in [3.05, 3.63) is 48.0 Å². The van der Waals surface area contributed by atoms with Crippen molar-refractivity contribution in [2.24, 2.45) is 0 Å². The normalized spacial score (nSPS) is 20.3. The molecule has 1 heterocycles. The number of methoxy groups -OCH3 is 2. The molecule has 1 fully saturated rings. The standard InChI is InChI=1S/C21H27NO6S/c1-26-20-9-6-16(12-21(20)27-2)28-19-10-11-22(14-18(19)23)13-15-4-7-17(8-5-15)29(3,24)25/h4-9,12,18-19,23H,10-11,13-14H2,1-3H3/t18-,19-/m1/s1. The molecule has 2 aromatic carbocycles. The van der Waals surface area contributed by atoms with Crippen molar-refractivity contribution < 1.29 is 27.7 Å². The third kappa shape index (κ3) is 5.41. The van der Waals surface area contributed by atoms with Crippen LogP contribution in [0.2, 0.25) is 0 Å². The summed E-state index contributed by atoms with van der Waals surface area (Å²) in [5.74, 6) is 1.82. The lowest BCUT2D eigenvalue weighted by Gasteiger charge is -2.36. The average Bonchev–Trinajstić information content (AvgIpc) is 2.69. The molecule has 29 heavy (non-hydrogen) atoms. The van der Waals surface area contributed by atoms with E-state index in [0.29, 0.717) is 41.7 Å². The number of β-amino-alcohol motifs (C(OH)–C–C–N with tert-alkyl or cyclic N) is 1. The molecule has 1 aliphatic rings. The molecule has 0 radical (unpaired) electrons. The Bertz CT molecular complexity index is 929. The van der Waals surface area contributed by atoms with Crippen LogP contribution in [0.5, 0.6) is 17.2 Å². The lowest BCUT2D eigenvalue weighted by molar-refractivity contribution is -0.0275. The average molecular weight is 422 g/mol. The second-order valence-electron chi connectivity index (χ2n) is 7.18. The summed E-state index contributed by atoms with van der Waals surface area (Å²) in [4.78, 5) is 2.44. The Hall–Kier alpha value is -2.29. The van der Waals surface area contributed by atoms with Crippen molar-refractivity contribution in [2.75, 3.05) is 33.6 Å². The molecule has 1 aliphatic heterocycles. The van der Waals surface area contributed by atoms with Crippen LogP contribution in [0.1, 0.15) is 12.0 Å². The molecular formula is C21H27NO6S. The molecule has 0 saturated carbocycles. The summed E-state index contributed by atoms with van der Waals surface area (Å²) in [5, 5.41) is 10.6. The first kappa shape index (κ1) is 21.4. The van der Waals surface area contributed by atoms with Crippen molar-refractivity contribution in [2.45, 2.75) is 30.1 Å². The van der Waals surface area contributed by atoms with Gasteiger partial charge in [0.2, 0.25) is 0 Å². The number of likely N-dealkylation sites (tertiary alicyclic amines) is 1. The van der Waals surface area contributed by atoms with Crippen LogP contribution in [0, 0.1) is 0 Å². The number of nitrogens with zero attached hydrogens (tertiary/aromatic N) is 1. The van der Waals surface area contributed by atoms with Gasteiger partial charge < -0.3 is 19.3 Å². The minimum atomic E-state index is -3.19. The number of ether oxygens (including phenoxy) is 3. The zero-order chi connectivity index (χ0) is 21.0. The first-order valence-corrected chi connectivity index (χ1v) is 11.3. The Labute approximate surface area is 171 Å². The van der Waals surface area contributed by atoms with Crippen molar-refractivity contribution >= 4 is 9.84 Å². The Morgan fingerprint density at radius 1 is 1.07 bits per heavy atom. The highest BCUT2D eigenvalue weighted by atomic mass is 32.2. The molecule has 0 bridgehead atoms. The second-order valence-corrected chi connectivity index (χ2v) is 9.20. The SMILES string of the molecule is COc1ccc(O[C@@H]2CCN(Cc3ccc(S(C)(=O)=O)cc3)C[C@H]2O)cc1OC. The predicted octanol–water partition coefficient (Wildman–Crippen LogP) is 2.12. The van der Waals surface area contributed by atoms with Crippen LogP contribution in [0.4, 0.5) is 0 Å². The summed E-state index contributed by atoms with van der Waals surface area (Å²) in [6.07, 6.45) is 0.933. The number of hydrogen-bond acceptors (Lipinski definition) is 7. The number of sulfone groups is 1. The van der Waals surface area contributed by atoms with Gasteiger partial charge in [0.05, 0.1) is 19.1 Å². The minimum absolute atomic E-state index is 0.308. The predicted molar refractivity (Wildman–Crippen MR) is 109 cm³/mol. The number of hydrogen-bond donors (Lipinski definition) is 1. The zero-order valence-electron chi connectivity index (χ0n) is 16.9. The summed E-state index contributed by atoms with van der Waals surface area (Å²) in [7, 11) is -0.0521. The first-order chi connectivity index (χ1) is 13.8. The molecule has 0 spiro atoms. The van der Waals surface area contributed by atoms with Gasteiger partial charge in [0.25, 0.3) is 0 Å². The van der Waals surface area contributed by atoms with Gasteiger partial charge in [0, 0.05) is 32.0 Å². The van der Waals surface area contributed by atoms with Crippen LogP contribution >= 0.6 is 0 Å². The lowest BCUT2D eigenvalue weighted by atomic mass is 10.0. The van der Waals surface area contributed by atoms with E-state index >= 15 is 0 Å². The van der Waals surface area contributed by atoms with E-state index in [1.54, 1.807) is 44.6 Å². The maximum atomic E-state index is 11.6. The Morgan fingerprint density at radius 3 is 2.34 bits per heavy atom. The van der Waals surface area contributed by atoms with Crippen LogP contribution in [0.25, 0.3) is 0 Å². The Balaban J connectivity index is 1.58.